The van der Waals surface area contributed by atoms with Crippen molar-refractivity contribution in [2.24, 2.45) is 0 Å². The minimum absolute atomic E-state index is 0.000571. The van der Waals surface area contributed by atoms with Crippen LogP contribution in [-0.2, 0) is 43.2 Å². The summed E-state index contributed by atoms with van der Waals surface area (Å²) in [6.07, 6.45) is 3.19. The number of amides is 2. The first-order chi connectivity index (χ1) is 18.3. The molecule has 1 unspecified atom stereocenters. The number of Topliss-reactive ketones (excluding diaryl/α,β-unsaturated/α-hetero) is 1. The summed E-state index contributed by atoms with van der Waals surface area (Å²) in [5.74, 6) is -0.344. The zero-order valence-electron chi connectivity index (χ0n) is 22.4. The van der Waals surface area contributed by atoms with Crippen molar-refractivity contribution in [1.29, 1.82) is 0.594 Å². The number of ketones is 1. The summed E-state index contributed by atoms with van der Waals surface area (Å²) >= 11 is -2.04. The first-order valence-corrected chi connectivity index (χ1v) is 16.7. The van der Waals surface area contributed by atoms with Gasteiger partial charge in [-0.25, -0.2) is 4.68 Å². The molecule has 0 spiro atoms. The molecule has 2 N–H and O–H groups in total. The van der Waals surface area contributed by atoms with Crippen LogP contribution in [0.5, 0.6) is 0 Å². The summed E-state index contributed by atoms with van der Waals surface area (Å²) in [6.45, 7) is 5.10. The molecule has 0 radical (unpaired) electrons. The van der Waals surface area contributed by atoms with E-state index in [1.807, 2.05) is 19.1 Å². The Labute approximate surface area is 237 Å². The number of halogens is 1. The Morgan fingerprint density at radius 3 is 2.70 bits per heavy atom. The summed E-state index contributed by atoms with van der Waals surface area (Å²) in [7, 11) is 4.81. The number of alkyl halides is 1. The molecule has 0 bridgehead atoms. The average Bonchev–Trinajstić information content (AvgIpc) is 3.35. The minimum atomic E-state index is -2.04. The summed E-state index contributed by atoms with van der Waals surface area (Å²) in [5, 5.41) is 11.1. The number of rotatable bonds is 19. The van der Waals surface area contributed by atoms with E-state index in [-0.39, 0.29) is 42.6 Å². The van der Waals surface area contributed by atoms with Crippen LogP contribution >= 0.6 is 42.9 Å². The summed E-state index contributed by atoms with van der Waals surface area (Å²) in [6, 6.07) is 8.19. The fourth-order valence-corrected chi connectivity index (χ4v) is 5.90. The molecule has 206 valence electrons. The number of hydrogen-bond acceptors (Lipinski definition) is 9. The van der Waals surface area contributed by atoms with Crippen LogP contribution in [0.4, 0.5) is 0 Å². The summed E-state index contributed by atoms with van der Waals surface area (Å²) in [5.41, 5.74) is 1.79. The number of aryl methyl sites for hydroxylation is 1. The van der Waals surface area contributed by atoms with Crippen LogP contribution in [0.2, 0.25) is 0 Å². The van der Waals surface area contributed by atoms with Crippen molar-refractivity contribution in [3.63, 3.8) is 0 Å². The Balaban J connectivity index is 1.60. The van der Waals surface area contributed by atoms with Crippen LogP contribution in [0, 0.1) is 0 Å². The van der Waals surface area contributed by atoms with Gasteiger partial charge in [-0.3, -0.25) is 9.59 Å². The molecule has 2 amide bonds. The molecule has 37 heavy (non-hydrogen) atoms. The molecule has 10 nitrogen and oxygen atoms in total. The molecule has 1 heterocycles. The van der Waals surface area contributed by atoms with Gasteiger partial charge >= 0.3 is 128 Å². The first-order valence-electron chi connectivity index (χ1n) is 12.3. The second-order valence-electron chi connectivity index (χ2n) is 8.04. The van der Waals surface area contributed by atoms with Crippen molar-refractivity contribution < 1.29 is 23.9 Å². The van der Waals surface area contributed by atoms with Gasteiger partial charge in [0.05, 0.1) is 5.69 Å². The van der Waals surface area contributed by atoms with Crippen molar-refractivity contribution in [2.45, 2.75) is 49.8 Å². The van der Waals surface area contributed by atoms with Crippen LogP contribution in [0.15, 0.2) is 35.4 Å². The Morgan fingerprint density at radius 2 is 1.97 bits per heavy atom. The van der Waals surface area contributed by atoms with Crippen molar-refractivity contribution >= 4 is 60.5 Å². The average molecular weight is 667 g/mol. The zero-order valence-corrected chi connectivity index (χ0v) is 25.2. The van der Waals surface area contributed by atoms with Gasteiger partial charge in [0.15, 0.2) is 5.78 Å². The monoisotopic (exact) mass is 666 g/mol. The van der Waals surface area contributed by atoms with Crippen LogP contribution in [-0.4, -0.2) is 76.3 Å². The molecule has 0 saturated carbocycles. The molecule has 1 aromatic carbocycles. The molecule has 0 aliphatic heterocycles. The molecular formula is C24H36IN5O5S2. The summed E-state index contributed by atoms with van der Waals surface area (Å²) in [4.78, 5) is 36.6. The SMILES string of the molecule is [2H]I(CC)NC(=O)COCCc1ccc(SSC(C)CNC(=O)Cn2cc(CCC(=O)COC)nn2)cc1. The van der Waals surface area contributed by atoms with E-state index in [1.165, 1.54) is 11.8 Å². The van der Waals surface area contributed by atoms with Gasteiger partial charge in [0.25, 0.3) is 0 Å². The van der Waals surface area contributed by atoms with Gasteiger partial charge < -0.3 is 10.1 Å². The molecule has 0 fully saturated rings. The standard InChI is InChI=1S/C24H36IN5O5S2/c1-4-25-27-24(33)17-35-12-11-19-5-9-22(10-6-19)37-36-18(2)13-26-23(32)15-30-14-20(28-29-30)7-8-21(31)16-34-3/h5-6,9-10,14,18,25H,4,7-8,11-13,15-17H2,1-3H3,(H,26,32)(H,27,33)/i25D. The van der Waals surface area contributed by atoms with Crippen molar-refractivity contribution in [2.75, 3.05) is 37.9 Å². The fraction of sp³-hybridized carbons (Fsp3) is 0.542. The van der Waals surface area contributed by atoms with Crippen molar-refractivity contribution in [3.05, 3.63) is 41.7 Å². The van der Waals surface area contributed by atoms with Crippen LogP contribution < -0.4 is 8.85 Å². The topological polar surface area (TPSA) is 124 Å². The normalized spacial score (nSPS) is 12.5. The quantitative estimate of drug-likeness (QED) is 0.0766. The third-order valence-corrected chi connectivity index (χ3v) is 9.40. The van der Waals surface area contributed by atoms with Crippen molar-refractivity contribution in [1.82, 2.24) is 23.8 Å². The first kappa shape index (κ1) is 29.9. The van der Waals surface area contributed by atoms with E-state index in [2.05, 4.69) is 38.2 Å². The van der Waals surface area contributed by atoms with Gasteiger partial charge in [-0.15, -0.1) is 5.10 Å². The second kappa shape index (κ2) is 18.6. The molecule has 2 rings (SSSR count). The van der Waals surface area contributed by atoms with Gasteiger partial charge in [-0.2, -0.15) is 0 Å². The van der Waals surface area contributed by atoms with E-state index in [0.29, 0.717) is 38.1 Å². The number of carbonyl (C=O) groups is 3. The molecule has 13 heteroatoms. The summed E-state index contributed by atoms with van der Waals surface area (Å²) < 4.78 is 22.8. The molecule has 0 aliphatic rings. The van der Waals surface area contributed by atoms with E-state index >= 15 is 0 Å². The van der Waals surface area contributed by atoms with E-state index in [0.717, 1.165) is 14.9 Å². The number of benzene rings is 1. The van der Waals surface area contributed by atoms with Gasteiger partial charge in [0.1, 0.15) is 13.2 Å². The number of nitrogens with zero attached hydrogens (tertiary/aromatic N) is 3. The molecule has 0 aliphatic carbocycles. The van der Waals surface area contributed by atoms with E-state index in [1.54, 1.807) is 27.8 Å². The van der Waals surface area contributed by atoms with Gasteiger partial charge in [-0.1, -0.05) is 12.1 Å². The third-order valence-electron chi connectivity index (χ3n) is 4.75. The molecule has 0 saturated heterocycles. The zero-order chi connectivity index (χ0) is 27.8. The van der Waals surface area contributed by atoms with Crippen LogP contribution in [0.25, 0.3) is 0 Å². The second-order valence-corrected chi connectivity index (χ2v) is 13.6. The fourth-order valence-electron chi connectivity index (χ4n) is 2.90. The van der Waals surface area contributed by atoms with E-state index in [4.69, 9.17) is 10.1 Å². The number of ether oxygens (including phenoxy) is 2. The maximum atomic E-state index is 12.3. The van der Waals surface area contributed by atoms with Crippen LogP contribution in [0.1, 0.15) is 31.5 Å². The molecule has 2 aromatic rings. The number of nitrogens with one attached hydrogen (secondary N) is 2. The Kier molecular flexibility index (Phi) is 15.0. The Bertz CT molecular complexity index is 1010. The van der Waals surface area contributed by atoms with Gasteiger partial charge in [-0.05, 0) is 0 Å². The third kappa shape index (κ3) is 14.2. The predicted octanol–water partition coefficient (Wildman–Crippen LogP) is 2.68. The number of carbonyl (C=O) groups excluding carboxylic acids is 3. The van der Waals surface area contributed by atoms with E-state index < -0.39 is 21.3 Å². The van der Waals surface area contributed by atoms with Crippen molar-refractivity contribution in [3.8, 4) is 0 Å². The molecule has 1 aromatic heterocycles. The Hall–Kier alpha value is -1.68. The number of hydrogen-bond donors (Lipinski definition) is 2. The van der Waals surface area contributed by atoms with Crippen LogP contribution in [0.3, 0.4) is 0 Å². The molecular weight excluding hydrogens is 629 g/mol. The van der Waals surface area contributed by atoms with E-state index in [9.17, 15) is 14.4 Å². The van der Waals surface area contributed by atoms with Gasteiger partial charge in [0, 0.05) is 37.9 Å². The maximum absolute atomic E-state index is 12.3. The predicted molar refractivity (Wildman–Crippen MR) is 156 cm³/mol. The number of aromatic nitrogens is 3. The Morgan fingerprint density at radius 1 is 1.19 bits per heavy atom. The number of methoxy groups -OCH3 is 1. The van der Waals surface area contributed by atoms with Gasteiger partial charge in [0.2, 0.25) is 5.91 Å². The molecule has 1 atom stereocenters.